The van der Waals surface area contributed by atoms with Gasteiger partial charge in [0.2, 0.25) is 0 Å². The molecule has 2 rings (SSSR count). The molecule has 0 amide bonds. The molecule has 0 spiro atoms. The molecule has 0 bridgehead atoms. The van der Waals surface area contributed by atoms with Crippen LogP contribution in [0.3, 0.4) is 0 Å². The highest BCUT2D eigenvalue weighted by Gasteiger charge is 2.22. The van der Waals surface area contributed by atoms with Crippen LogP contribution in [0.2, 0.25) is 0 Å². The molecule has 3 nitrogen and oxygen atoms in total. The molecule has 1 aromatic rings. The smallest absolute Gasteiger partial charge is 0.143 e. The van der Waals surface area contributed by atoms with Crippen molar-refractivity contribution < 1.29 is 9.84 Å². The van der Waals surface area contributed by atoms with E-state index in [0.29, 0.717) is 0 Å². The summed E-state index contributed by atoms with van der Waals surface area (Å²) in [5.41, 5.74) is 2.33. The van der Waals surface area contributed by atoms with Gasteiger partial charge in [0.15, 0.2) is 0 Å². The maximum absolute atomic E-state index is 9.04. The van der Waals surface area contributed by atoms with Crippen LogP contribution in [0.4, 0.5) is 5.69 Å². The highest BCUT2D eigenvalue weighted by molar-refractivity contribution is 5.61. The van der Waals surface area contributed by atoms with E-state index in [-0.39, 0.29) is 12.7 Å². The Bertz CT molecular complexity index is 338. The maximum Gasteiger partial charge on any atom is 0.143 e. The molecule has 1 aliphatic rings. The lowest BCUT2D eigenvalue weighted by Gasteiger charge is -2.33. The minimum absolute atomic E-state index is 0.0671. The SMILES string of the molecule is Cc1ccc2c(c1)N(C)C[C@@H](CO)O2. The van der Waals surface area contributed by atoms with Crippen LogP contribution < -0.4 is 9.64 Å². The molecule has 0 saturated heterocycles. The van der Waals surface area contributed by atoms with Gasteiger partial charge >= 0.3 is 0 Å². The van der Waals surface area contributed by atoms with E-state index in [0.717, 1.165) is 18.0 Å². The fraction of sp³-hybridized carbons (Fsp3) is 0.455. The van der Waals surface area contributed by atoms with Crippen LogP contribution in [0.15, 0.2) is 18.2 Å². The van der Waals surface area contributed by atoms with E-state index >= 15 is 0 Å². The Hall–Kier alpha value is -1.22. The summed E-state index contributed by atoms with van der Waals surface area (Å²) in [6.07, 6.45) is -0.102. The number of rotatable bonds is 1. The van der Waals surface area contributed by atoms with Gasteiger partial charge in [-0.25, -0.2) is 0 Å². The van der Waals surface area contributed by atoms with Crippen LogP contribution in [-0.4, -0.2) is 31.4 Å². The Balaban J connectivity index is 2.35. The van der Waals surface area contributed by atoms with Crippen molar-refractivity contribution in [3.63, 3.8) is 0 Å². The lowest BCUT2D eigenvalue weighted by Crippen LogP contribution is -2.39. The summed E-state index contributed by atoms with van der Waals surface area (Å²) in [5, 5.41) is 9.04. The van der Waals surface area contributed by atoms with Gasteiger partial charge in [0.1, 0.15) is 11.9 Å². The van der Waals surface area contributed by atoms with Crippen molar-refractivity contribution in [3.8, 4) is 5.75 Å². The summed E-state index contributed by atoms with van der Waals surface area (Å²) < 4.78 is 5.61. The molecule has 1 heterocycles. The maximum atomic E-state index is 9.04. The summed E-state index contributed by atoms with van der Waals surface area (Å²) >= 11 is 0. The summed E-state index contributed by atoms with van der Waals surface area (Å²) in [7, 11) is 2.02. The molecular weight excluding hydrogens is 178 g/mol. The quantitative estimate of drug-likeness (QED) is 0.727. The molecule has 1 aliphatic heterocycles. The van der Waals surface area contributed by atoms with Gasteiger partial charge in [0.05, 0.1) is 18.8 Å². The summed E-state index contributed by atoms with van der Waals surface area (Å²) in [4.78, 5) is 2.12. The molecule has 0 unspecified atom stereocenters. The number of fused-ring (bicyclic) bond motifs is 1. The number of aliphatic hydroxyl groups is 1. The van der Waals surface area contributed by atoms with Crippen molar-refractivity contribution >= 4 is 5.69 Å². The van der Waals surface area contributed by atoms with Crippen LogP contribution in [-0.2, 0) is 0 Å². The van der Waals surface area contributed by atoms with E-state index in [4.69, 9.17) is 9.84 Å². The van der Waals surface area contributed by atoms with Crippen LogP contribution in [0.25, 0.3) is 0 Å². The molecule has 0 radical (unpaired) electrons. The molecule has 1 aromatic carbocycles. The molecule has 76 valence electrons. The predicted octanol–water partition coefficient (Wildman–Crippen LogP) is 1.18. The van der Waals surface area contributed by atoms with Crippen LogP contribution in [0, 0.1) is 6.92 Å². The first kappa shape index (κ1) is 9.34. The number of ether oxygens (including phenoxy) is 1. The van der Waals surface area contributed by atoms with E-state index in [2.05, 4.69) is 17.9 Å². The Morgan fingerprint density at radius 3 is 3.07 bits per heavy atom. The first-order valence-corrected chi connectivity index (χ1v) is 4.80. The van der Waals surface area contributed by atoms with E-state index < -0.39 is 0 Å². The average molecular weight is 193 g/mol. The van der Waals surface area contributed by atoms with Crippen molar-refractivity contribution in [3.05, 3.63) is 23.8 Å². The molecule has 0 aromatic heterocycles. The van der Waals surface area contributed by atoms with Gasteiger partial charge in [-0.15, -0.1) is 0 Å². The Labute approximate surface area is 83.9 Å². The third-order valence-corrected chi connectivity index (χ3v) is 2.50. The normalized spacial score (nSPS) is 20.2. The van der Waals surface area contributed by atoms with Gasteiger partial charge in [-0.1, -0.05) is 6.07 Å². The second kappa shape index (κ2) is 3.50. The number of aliphatic hydroxyl groups excluding tert-OH is 1. The first-order valence-electron chi connectivity index (χ1n) is 4.80. The standard InChI is InChI=1S/C11H15NO2/c1-8-3-4-11-10(5-8)12(2)6-9(7-13)14-11/h3-5,9,13H,6-7H2,1-2H3/t9-/m0/s1. The van der Waals surface area contributed by atoms with Gasteiger partial charge in [0.25, 0.3) is 0 Å². The molecule has 0 aliphatic carbocycles. The number of likely N-dealkylation sites (N-methyl/N-ethyl adjacent to an activating group) is 1. The van der Waals surface area contributed by atoms with E-state index in [9.17, 15) is 0 Å². The highest BCUT2D eigenvalue weighted by Crippen LogP contribution is 2.32. The van der Waals surface area contributed by atoms with Crippen molar-refractivity contribution in [1.82, 2.24) is 0 Å². The van der Waals surface area contributed by atoms with Gasteiger partial charge in [0, 0.05) is 7.05 Å². The Morgan fingerprint density at radius 1 is 1.57 bits per heavy atom. The van der Waals surface area contributed by atoms with Crippen molar-refractivity contribution in [1.29, 1.82) is 0 Å². The third kappa shape index (κ3) is 1.55. The summed E-state index contributed by atoms with van der Waals surface area (Å²) in [6.45, 7) is 2.87. The number of hydrogen-bond donors (Lipinski definition) is 1. The molecule has 3 heteroatoms. The number of aryl methyl sites for hydroxylation is 1. The first-order chi connectivity index (χ1) is 6.70. The number of anilines is 1. The molecular formula is C11H15NO2. The van der Waals surface area contributed by atoms with Crippen LogP contribution in [0.1, 0.15) is 5.56 Å². The number of nitrogens with zero attached hydrogens (tertiary/aromatic N) is 1. The van der Waals surface area contributed by atoms with Crippen molar-refractivity contribution in [2.24, 2.45) is 0 Å². The lowest BCUT2D eigenvalue weighted by molar-refractivity contribution is 0.113. The number of hydrogen-bond acceptors (Lipinski definition) is 3. The summed E-state index contributed by atoms with van der Waals surface area (Å²) in [6, 6.07) is 6.08. The zero-order valence-electron chi connectivity index (χ0n) is 8.53. The monoisotopic (exact) mass is 193 g/mol. The molecule has 14 heavy (non-hydrogen) atoms. The van der Waals surface area contributed by atoms with Gasteiger partial charge < -0.3 is 14.7 Å². The topological polar surface area (TPSA) is 32.7 Å². The Kier molecular flexibility index (Phi) is 2.33. The fourth-order valence-electron chi connectivity index (χ4n) is 1.74. The van der Waals surface area contributed by atoms with Gasteiger partial charge in [-0.05, 0) is 24.6 Å². The second-order valence-electron chi connectivity index (χ2n) is 3.77. The molecule has 1 N–H and O–H groups in total. The lowest BCUT2D eigenvalue weighted by atomic mass is 10.1. The van der Waals surface area contributed by atoms with Crippen LogP contribution in [0.5, 0.6) is 5.75 Å². The van der Waals surface area contributed by atoms with Gasteiger partial charge in [-0.3, -0.25) is 0 Å². The largest absolute Gasteiger partial charge is 0.484 e. The summed E-state index contributed by atoms with van der Waals surface area (Å²) in [5.74, 6) is 0.864. The highest BCUT2D eigenvalue weighted by atomic mass is 16.5. The average Bonchev–Trinajstić information content (AvgIpc) is 2.19. The third-order valence-electron chi connectivity index (χ3n) is 2.50. The number of benzene rings is 1. The minimum atomic E-state index is -0.102. The van der Waals surface area contributed by atoms with Crippen molar-refractivity contribution in [2.45, 2.75) is 13.0 Å². The molecule has 0 fully saturated rings. The zero-order valence-corrected chi connectivity index (χ0v) is 8.53. The van der Waals surface area contributed by atoms with Gasteiger partial charge in [-0.2, -0.15) is 0 Å². The molecule has 0 saturated carbocycles. The zero-order chi connectivity index (χ0) is 10.1. The van der Waals surface area contributed by atoms with Crippen molar-refractivity contribution in [2.75, 3.05) is 25.1 Å². The predicted molar refractivity (Wildman–Crippen MR) is 56.0 cm³/mol. The Morgan fingerprint density at radius 2 is 2.36 bits per heavy atom. The van der Waals surface area contributed by atoms with Crippen LogP contribution >= 0.6 is 0 Å². The molecule has 1 atom stereocenters. The fourth-order valence-corrected chi connectivity index (χ4v) is 1.74. The minimum Gasteiger partial charge on any atom is -0.484 e. The van der Waals surface area contributed by atoms with E-state index in [1.807, 2.05) is 19.2 Å². The van der Waals surface area contributed by atoms with E-state index in [1.165, 1.54) is 5.56 Å². The van der Waals surface area contributed by atoms with E-state index in [1.54, 1.807) is 0 Å². The second-order valence-corrected chi connectivity index (χ2v) is 3.77.